The van der Waals surface area contributed by atoms with Gasteiger partial charge in [-0.25, -0.2) is 9.18 Å². The molecule has 0 spiro atoms. The first kappa shape index (κ1) is 24.2. The van der Waals surface area contributed by atoms with Crippen LogP contribution in [-0.2, 0) is 25.6 Å². The fourth-order valence-corrected chi connectivity index (χ4v) is 2.16. The van der Waals surface area contributed by atoms with E-state index in [9.17, 15) is 30.8 Å². The number of nitrogens with one attached hydrogen (secondary N) is 1. The number of ether oxygens (including phenoxy) is 1. The van der Waals surface area contributed by atoms with E-state index in [0.717, 1.165) is 12.5 Å². The van der Waals surface area contributed by atoms with Crippen LogP contribution < -0.4 is 11.1 Å². The molecule has 12 heteroatoms. The predicted octanol–water partition coefficient (Wildman–Crippen LogP) is 4.03. The van der Waals surface area contributed by atoms with Crippen LogP contribution in [0.5, 0.6) is 0 Å². The Morgan fingerprint density at radius 3 is 2.24 bits per heavy atom. The number of nitrogen functional groups attached to an aromatic ring is 1. The molecule has 160 valence electrons. The Hall–Kier alpha value is -2.86. The number of anilines is 2. The highest BCUT2D eigenvalue weighted by atomic mass is 32.2. The first-order valence-corrected chi connectivity index (χ1v) is 9.35. The van der Waals surface area contributed by atoms with Gasteiger partial charge in [-0.1, -0.05) is 30.3 Å². The van der Waals surface area contributed by atoms with Gasteiger partial charge in [-0.15, -0.1) is 0 Å². The highest BCUT2D eigenvalue weighted by molar-refractivity contribution is 7.87. The zero-order chi connectivity index (χ0) is 22.1. The van der Waals surface area contributed by atoms with Crippen molar-refractivity contribution in [3.8, 4) is 0 Å². The number of carbonyl (C=O) groups is 1. The molecule has 0 saturated carbocycles. The molecule has 0 aliphatic carbocycles. The lowest BCUT2D eigenvalue weighted by Gasteiger charge is -2.07. The minimum Gasteiger partial charge on any atom is -0.444 e. The molecule has 2 aromatic carbocycles. The van der Waals surface area contributed by atoms with Crippen LogP contribution in [0, 0.1) is 5.82 Å². The van der Waals surface area contributed by atoms with Gasteiger partial charge in [0, 0.05) is 5.69 Å². The lowest BCUT2D eigenvalue weighted by Crippen LogP contribution is -2.25. The second-order valence-electron chi connectivity index (χ2n) is 5.23. The van der Waals surface area contributed by atoms with Crippen LogP contribution in [0.1, 0.15) is 12.5 Å². The standard InChI is InChI=1S/C14H13FN2O2.C3H5F3O3S/c15-12-7-6-11(8-13(12)16)17-14(18)19-9-10-4-2-1-3-5-10;1-2-9-10(7,8)3(4,5)6/h1-8H,9,16H2,(H,17,18);2H2,1H3. The molecule has 0 heterocycles. The lowest BCUT2D eigenvalue weighted by atomic mass is 10.2. The Kier molecular flexibility index (Phi) is 8.85. The van der Waals surface area contributed by atoms with Gasteiger partial charge in [-0.05, 0) is 30.7 Å². The van der Waals surface area contributed by atoms with E-state index >= 15 is 0 Å². The minimum atomic E-state index is -5.35. The molecule has 1 amide bonds. The van der Waals surface area contributed by atoms with Crippen molar-refractivity contribution < 1.29 is 39.7 Å². The molecule has 0 atom stereocenters. The van der Waals surface area contributed by atoms with Crippen LogP contribution in [-0.4, -0.2) is 26.6 Å². The Balaban J connectivity index is 0.000000359. The molecule has 2 rings (SSSR count). The third-order valence-corrected chi connectivity index (χ3v) is 4.12. The number of hydrogen-bond donors (Lipinski definition) is 2. The number of carbonyl (C=O) groups excluding carboxylic acids is 1. The summed E-state index contributed by atoms with van der Waals surface area (Å²) >= 11 is 0. The van der Waals surface area contributed by atoms with Gasteiger partial charge in [0.2, 0.25) is 0 Å². The smallest absolute Gasteiger partial charge is 0.444 e. The van der Waals surface area contributed by atoms with Gasteiger partial charge in [0.15, 0.2) is 0 Å². The SMILES string of the molecule is CCOS(=O)(=O)C(F)(F)F.Nc1cc(NC(=O)OCc2ccccc2)ccc1F. The molecule has 3 N–H and O–H groups in total. The number of alkyl halides is 3. The first-order chi connectivity index (χ1) is 13.5. The molecule has 2 aromatic rings. The maximum absolute atomic E-state index is 12.9. The third kappa shape index (κ3) is 8.35. The van der Waals surface area contributed by atoms with Gasteiger partial charge in [0.1, 0.15) is 12.4 Å². The van der Waals surface area contributed by atoms with Crippen LogP contribution in [0.15, 0.2) is 48.5 Å². The Morgan fingerprint density at radius 2 is 1.76 bits per heavy atom. The second kappa shape index (κ2) is 10.6. The Labute approximate surface area is 164 Å². The maximum Gasteiger partial charge on any atom is 0.523 e. The topological polar surface area (TPSA) is 108 Å². The number of nitrogens with two attached hydrogens (primary N) is 1. The van der Waals surface area contributed by atoms with Crippen molar-refractivity contribution in [2.24, 2.45) is 0 Å². The lowest BCUT2D eigenvalue weighted by molar-refractivity contribution is -0.0539. The van der Waals surface area contributed by atoms with Crippen molar-refractivity contribution in [3.05, 3.63) is 59.9 Å². The quantitative estimate of drug-likeness (QED) is 0.316. The van der Waals surface area contributed by atoms with Crippen LogP contribution in [0.2, 0.25) is 0 Å². The third-order valence-electron chi connectivity index (χ3n) is 3.01. The summed E-state index contributed by atoms with van der Waals surface area (Å²) < 4.78 is 75.1. The minimum absolute atomic E-state index is 0.0270. The molecular formula is C17H18F4N2O5S. The van der Waals surface area contributed by atoms with Gasteiger partial charge in [-0.2, -0.15) is 21.6 Å². The van der Waals surface area contributed by atoms with Gasteiger partial charge < -0.3 is 10.5 Å². The van der Waals surface area contributed by atoms with E-state index in [-0.39, 0.29) is 12.3 Å². The Bertz CT molecular complexity index is 906. The summed E-state index contributed by atoms with van der Waals surface area (Å²) in [6, 6.07) is 13.2. The summed E-state index contributed by atoms with van der Waals surface area (Å²) in [5.41, 5.74) is 1.34. The zero-order valence-corrected chi connectivity index (χ0v) is 15.9. The normalized spacial score (nSPS) is 11.2. The van der Waals surface area contributed by atoms with Crippen molar-refractivity contribution in [2.45, 2.75) is 19.0 Å². The molecular weight excluding hydrogens is 420 g/mol. The average Bonchev–Trinajstić information content (AvgIpc) is 2.63. The molecule has 0 fully saturated rings. The van der Waals surface area contributed by atoms with Crippen LogP contribution in [0.4, 0.5) is 33.7 Å². The van der Waals surface area contributed by atoms with Gasteiger partial charge in [-0.3, -0.25) is 9.50 Å². The van der Waals surface area contributed by atoms with E-state index < -0.39 is 34.1 Å². The molecule has 0 unspecified atom stereocenters. The van der Waals surface area contributed by atoms with Crippen molar-refractivity contribution in [1.82, 2.24) is 0 Å². The average molecular weight is 438 g/mol. The number of benzene rings is 2. The highest BCUT2D eigenvalue weighted by Crippen LogP contribution is 2.24. The van der Waals surface area contributed by atoms with E-state index in [2.05, 4.69) is 9.50 Å². The van der Waals surface area contributed by atoms with Gasteiger partial charge in [0.05, 0.1) is 12.3 Å². The largest absolute Gasteiger partial charge is 0.523 e. The molecule has 0 radical (unpaired) electrons. The van der Waals surface area contributed by atoms with E-state index in [1.807, 2.05) is 30.3 Å². The summed E-state index contributed by atoms with van der Waals surface area (Å²) in [6.45, 7) is 0.814. The molecule has 29 heavy (non-hydrogen) atoms. The summed E-state index contributed by atoms with van der Waals surface area (Å²) in [6.07, 6.45) is -0.616. The van der Waals surface area contributed by atoms with Crippen LogP contribution in [0.25, 0.3) is 0 Å². The van der Waals surface area contributed by atoms with Gasteiger partial charge >= 0.3 is 21.7 Å². The summed E-state index contributed by atoms with van der Waals surface area (Å²) in [5.74, 6) is -0.525. The molecule has 0 bridgehead atoms. The van der Waals surface area contributed by atoms with Crippen LogP contribution >= 0.6 is 0 Å². The summed E-state index contributed by atoms with van der Waals surface area (Å²) in [5, 5.41) is 2.47. The Morgan fingerprint density at radius 1 is 1.14 bits per heavy atom. The fourth-order valence-electron chi connectivity index (χ4n) is 1.72. The summed E-state index contributed by atoms with van der Waals surface area (Å²) in [4.78, 5) is 11.5. The molecule has 0 aliphatic rings. The van der Waals surface area contributed by atoms with E-state index in [1.165, 1.54) is 18.2 Å². The number of hydrogen-bond acceptors (Lipinski definition) is 6. The van der Waals surface area contributed by atoms with Crippen molar-refractivity contribution >= 4 is 27.6 Å². The summed E-state index contributed by atoms with van der Waals surface area (Å²) in [7, 11) is -5.35. The van der Waals surface area contributed by atoms with Gasteiger partial charge in [0.25, 0.3) is 0 Å². The number of halogens is 4. The highest BCUT2D eigenvalue weighted by Gasteiger charge is 2.46. The zero-order valence-electron chi connectivity index (χ0n) is 15.1. The van der Waals surface area contributed by atoms with Crippen molar-refractivity contribution in [3.63, 3.8) is 0 Å². The monoisotopic (exact) mass is 438 g/mol. The van der Waals surface area contributed by atoms with E-state index in [4.69, 9.17) is 10.5 Å². The molecule has 0 aromatic heterocycles. The number of amides is 1. The maximum atomic E-state index is 12.9. The number of rotatable bonds is 5. The fraction of sp³-hybridized carbons (Fsp3) is 0.235. The van der Waals surface area contributed by atoms with Crippen LogP contribution in [0.3, 0.4) is 0 Å². The van der Waals surface area contributed by atoms with Crippen molar-refractivity contribution in [2.75, 3.05) is 17.7 Å². The molecule has 0 saturated heterocycles. The molecule has 7 nitrogen and oxygen atoms in total. The predicted molar refractivity (Wildman–Crippen MR) is 97.7 cm³/mol. The first-order valence-electron chi connectivity index (χ1n) is 7.94. The van der Waals surface area contributed by atoms with E-state index in [0.29, 0.717) is 5.69 Å². The van der Waals surface area contributed by atoms with Crippen molar-refractivity contribution in [1.29, 1.82) is 0 Å². The van der Waals surface area contributed by atoms with E-state index in [1.54, 1.807) is 0 Å². The molecule has 0 aliphatic heterocycles. The second-order valence-corrected chi connectivity index (χ2v) is 6.84.